The number of amides is 3. The van der Waals surface area contributed by atoms with Crippen LogP contribution in [0.4, 0.5) is 0 Å². The Labute approximate surface area is 155 Å². The molecule has 1 aromatic rings. The molecule has 0 bridgehead atoms. The molecule has 2 rings (SSSR count). The number of piperidine rings is 1. The van der Waals surface area contributed by atoms with Gasteiger partial charge in [0, 0.05) is 6.54 Å². The lowest BCUT2D eigenvalue weighted by Crippen LogP contribution is -2.55. The highest BCUT2D eigenvalue weighted by molar-refractivity contribution is 6.00. The number of phenolic OH excluding ortho intramolecular Hbond substituents is 2. The van der Waals surface area contributed by atoms with Crippen LogP contribution in [-0.2, 0) is 9.59 Å². The van der Waals surface area contributed by atoms with E-state index < -0.39 is 41.3 Å². The van der Waals surface area contributed by atoms with E-state index in [0.29, 0.717) is 30.9 Å². The van der Waals surface area contributed by atoms with Crippen LogP contribution < -0.4 is 16.4 Å². The number of hydrogen-bond acceptors (Lipinski definition) is 7. The van der Waals surface area contributed by atoms with Crippen molar-refractivity contribution < 1.29 is 29.8 Å². The summed E-state index contributed by atoms with van der Waals surface area (Å²) in [6, 6.07) is 2.04. The van der Waals surface area contributed by atoms with Crippen molar-refractivity contribution in [3.63, 3.8) is 0 Å². The molecule has 0 aromatic heterocycles. The summed E-state index contributed by atoms with van der Waals surface area (Å²) in [5, 5.41) is 34.4. The zero-order valence-corrected chi connectivity index (χ0v) is 14.7. The number of benzene rings is 1. The Balaban J connectivity index is 2.09. The van der Waals surface area contributed by atoms with Crippen LogP contribution >= 0.6 is 0 Å². The fourth-order valence-electron chi connectivity index (χ4n) is 2.81. The van der Waals surface area contributed by atoms with E-state index in [9.17, 15) is 29.8 Å². The van der Waals surface area contributed by atoms with Crippen LogP contribution in [-0.4, -0.2) is 63.4 Å². The number of nitrogens with two attached hydrogens (primary N) is 1. The van der Waals surface area contributed by atoms with E-state index >= 15 is 0 Å². The highest BCUT2D eigenvalue weighted by Crippen LogP contribution is 2.28. The molecule has 0 saturated carbocycles. The fraction of sp³-hybridized carbons (Fsp3) is 0.471. The maximum absolute atomic E-state index is 12.6. The molecule has 1 aliphatic rings. The van der Waals surface area contributed by atoms with E-state index in [4.69, 9.17) is 5.73 Å². The number of rotatable bonds is 7. The molecule has 0 aliphatic carbocycles. The molecular weight excluding hydrogens is 356 g/mol. The lowest BCUT2D eigenvalue weighted by atomic mass is 10.0. The summed E-state index contributed by atoms with van der Waals surface area (Å²) < 4.78 is 0. The van der Waals surface area contributed by atoms with Crippen LogP contribution in [0.3, 0.4) is 0 Å². The number of hydroxylamine groups is 2. The fourth-order valence-corrected chi connectivity index (χ4v) is 2.81. The topological polar surface area (TPSA) is 165 Å². The van der Waals surface area contributed by atoms with Gasteiger partial charge in [-0.2, -0.15) is 0 Å². The summed E-state index contributed by atoms with van der Waals surface area (Å²) in [4.78, 5) is 36.9. The minimum atomic E-state index is -0.996. The zero-order valence-electron chi connectivity index (χ0n) is 14.7. The number of carbonyl (C=O) groups excluding carboxylic acids is 3. The second-order valence-electron chi connectivity index (χ2n) is 6.30. The maximum atomic E-state index is 12.6. The number of carbonyl (C=O) groups is 3. The van der Waals surface area contributed by atoms with Crippen molar-refractivity contribution in [1.29, 1.82) is 0 Å². The second-order valence-corrected chi connectivity index (χ2v) is 6.30. The molecule has 1 aliphatic heterocycles. The first-order valence-electron chi connectivity index (χ1n) is 8.67. The monoisotopic (exact) mass is 380 g/mol. The number of hydrogen-bond donors (Lipinski definition) is 6. The van der Waals surface area contributed by atoms with Gasteiger partial charge in [-0.1, -0.05) is 6.07 Å². The third-order valence-corrected chi connectivity index (χ3v) is 4.31. The van der Waals surface area contributed by atoms with Gasteiger partial charge in [0.25, 0.3) is 11.8 Å². The van der Waals surface area contributed by atoms with E-state index in [-0.39, 0.29) is 18.5 Å². The Morgan fingerprint density at radius 3 is 2.78 bits per heavy atom. The van der Waals surface area contributed by atoms with Crippen molar-refractivity contribution in [3.05, 3.63) is 23.8 Å². The Kier molecular flexibility index (Phi) is 6.97. The molecule has 148 valence electrons. The Morgan fingerprint density at radius 1 is 1.33 bits per heavy atom. The second kappa shape index (κ2) is 9.19. The van der Waals surface area contributed by atoms with Crippen LogP contribution in [0.15, 0.2) is 18.2 Å². The first kappa shape index (κ1) is 20.5. The normalized spacial score (nSPS) is 18.1. The van der Waals surface area contributed by atoms with Gasteiger partial charge in [0.2, 0.25) is 5.91 Å². The Hall–Kier alpha value is -2.85. The van der Waals surface area contributed by atoms with Gasteiger partial charge in [0.15, 0.2) is 11.5 Å². The SMILES string of the molecule is NCCCC(NC(=O)c1cccc(O)c1O)C(=O)NC1CCCN(O)C1=O. The van der Waals surface area contributed by atoms with Gasteiger partial charge in [-0.15, -0.1) is 0 Å². The number of nitrogens with zero attached hydrogens (tertiary/aromatic N) is 1. The standard InChI is InChI=1S/C17H24N4O6/c18-8-2-5-11(16(25)20-12-6-3-9-21(27)17(12)26)19-15(24)10-4-1-7-13(22)14(10)23/h1,4,7,11-12,22-23,27H,2-3,5-6,8-9,18H2,(H,19,24)(H,20,25). The first-order valence-corrected chi connectivity index (χ1v) is 8.67. The molecular formula is C17H24N4O6. The Bertz CT molecular complexity index is 711. The van der Waals surface area contributed by atoms with E-state index in [2.05, 4.69) is 10.6 Å². The molecule has 1 heterocycles. The van der Waals surface area contributed by atoms with Gasteiger partial charge in [-0.05, 0) is 44.4 Å². The van der Waals surface area contributed by atoms with Crippen molar-refractivity contribution in [1.82, 2.24) is 15.7 Å². The predicted octanol–water partition coefficient (Wildman–Crippen LogP) is -0.569. The van der Waals surface area contributed by atoms with Crippen LogP contribution in [0.5, 0.6) is 11.5 Å². The molecule has 1 saturated heterocycles. The smallest absolute Gasteiger partial charge is 0.268 e. The first-order chi connectivity index (χ1) is 12.8. The number of phenols is 2. The molecule has 1 aromatic carbocycles. The summed E-state index contributed by atoms with van der Waals surface area (Å²) in [7, 11) is 0. The molecule has 10 nitrogen and oxygen atoms in total. The maximum Gasteiger partial charge on any atom is 0.268 e. The van der Waals surface area contributed by atoms with Crippen molar-refractivity contribution in [3.8, 4) is 11.5 Å². The van der Waals surface area contributed by atoms with E-state index in [1.165, 1.54) is 18.2 Å². The molecule has 2 atom stereocenters. The number of para-hydroxylation sites is 1. The van der Waals surface area contributed by atoms with Gasteiger partial charge in [-0.3, -0.25) is 19.6 Å². The van der Waals surface area contributed by atoms with Gasteiger partial charge in [-0.25, -0.2) is 5.06 Å². The van der Waals surface area contributed by atoms with Crippen LogP contribution in [0, 0.1) is 0 Å². The van der Waals surface area contributed by atoms with Crippen LogP contribution in [0.1, 0.15) is 36.0 Å². The molecule has 2 unspecified atom stereocenters. The lowest BCUT2D eigenvalue weighted by Gasteiger charge is -2.29. The highest BCUT2D eigenvalue weighted by atomic mass is 16.5. The summed E-state index contributed by atoms with van der Waals surface area (Å²) in [6.45, 7) is 0.499. The molecule has 0 radical (unpaired) electrons. The number of aromatic hydroxyl groups is 2. The van der Waals surface area contributed by atoms with Crippen molar-refractivity contribution >= 4 is 17.7 Å². The quantitative estimate of drug-likeness (QED) is 0.272. The van der Waals surface area contributed by atoms with Gasteiger partial charge in [0.05, 0.1) is 5.56 Å². The average Bonchev–Trinajstić information content (AvgIpc) is 2.64. The van der Waals surface area contributed by atoms with Crippen LogP contribution in [0.2, 0.25) is 0 Å². The minimum absolute atomic E-state index is 0.184. The predicted molar refractivity (Wildman–Crippen MR) is 94.0 cm³/mol. The summed E-state index contributed by atoms with van der Waals surface area (Å²) in [6.07, 6.45) is 1.57. The summed E-state index contributed by atoms with van der Waals surface area (Å²) in [5.74, 6) is -3.00. The molecule has 1 fully saturated rings. The van der Waals surface area contributed by atoms with Crippen molar-refractivity contribution in [2.75, 3.05) is 13.1 Å². The molecule has 27 heavy (non-hydrogen) atoms. The van der Waals surface area contributed by atoms with Gasteiger partial charge in [0.1, 0.15) is 12.1 Å². The summed E-state index contributed by atoms with van der Waals surface area (Å²) >= 11 is 0. The lowest BCUT2D eigenvalue weighted by molar-refractivity contribution is -0.173. The number of nitrogens with one attached hydrogen (secondary N) is 2. The van der Waals surface area contributed by atoms with E-state index in [1.807, 2.05) is 0 Å². The average molecular weight is 380 g/mol. The largest absolute Gasteiger partial charge is 0.504 e. The van der Waals surface area contributed by atoms with E-state index in [1.54, 1.807) is 0 Å². The highest BCUT2D eigenvalue weighted by Gasteiger charge is 2.32. The third-order valence-electron chi connectivity index (χ3n) is 4.31. The van der Waals surface area contributed by atoms with Crippen LogP contribution in [0.25, 0.3) is 0 Å². The third kappa shape index (κ3) is 5.08. The van der Waals surface area contributed by atoms with Gasteiger partial charge < -0.3 is 26.6 Å². The molecule has 0 spiro atoms. The molecule has 3 amide bonds. The minimum Gasteiger partial charge on any atom is -0.504 e. The van der Waals surface area contributed by atoms with Crippen molar-refractivity contribution in [2.24, 2.45) is 5.73 Å². The summed E-state index contributed by atoms with van der Waals surface area (Å²) in [5.41, 5.74) is 5.29. The zero-order chi connectivity index (χ0) is 20.0. The van der Waals surface area contributed by atoms with E-state index in [0.717, 1.165) is 0 Å². The van der Waals surface area contributed by atoms with Crippen molar-refractivity contribution in [2.45, 2.75) is 37.8 Å². The molecule has 7 N–H and O–H groups in total. The van der Waals surface area contributed by atoms with Gasteiger partial charge >= 0.3 is 0 Å². The molecule has 10 heteroatoms. The Morgan fingerprint density at radius 2 is 2.07 bits per heavy atom.